The topological polar surface area (TPSA) is 17.1 Å². The zero-order valence-electron chi connectivity index (χ0n) is 5.48. The molecule has 1 rings (SSSR count). The van der Waals surface area contributed by atoms with Crippen molar-refractivity contribution in [1.29, 1.82) is 0 Å². The van der Waals surface area contributed by atoms with E-state index in [0.29, 0.717) is 11.3 Å². The van der Waals surface area contributed by atoms with Gasteiger partial charge in [-0.15, -0.1) is 0 Å². The number of carbonyl (C=O) groups excluding carboxylic acids is 1. The summed E-state index contributed by atoms with van der Waals surface area (Å²) in [6.45, 7) is 4.32. The van der Waals surface area contributed by atoms with Crippen molar-refractivity contribution in [1.82, 2.24) is 0 Å². The Bertz CT molecular complexity index is 109. The maximum absolute atomic E-state index is 10.1. The molecule has 0 spiro atoms. The third-order valence-electron chi connectivity index (χ3n) is 2.39. The lowest BCUT2D eigenvalue weighted by atomic mass is 10.0. The van der Waals surface area contributed by atoms with E-state index in [1.807, 2.05) is 0 Å². The Labute approximate surface area is 50.1 Å². The fourth-order valence-electron chi connectivity index (χ4n) is 1.06. The van der Waals surface area contributed by atoms with Gasteiger partial charge in [0, 0.05) is 5.92 Å². The molecule has 1 heteroatoms. The van der Waals surface area contributed by atoms with Crippen molar-refractivity contribution in [2.24, 2.45) is 11.3 Å². The maximum Gasteiger partial charge on any atom is 0.123 e. The SMILES string of the molecule is CC[C@@]1(C)C[C@H]1C=O. The fourth-order valence-corrected chi connectivity index (χ4v) is 1.06. The molecule has 0 aromatic rings. The second-order valence-corrected chi connectivity index (χ2v) is 2.95. The molecule has 0 amide bonds. The molecule has 1 fully saturated rings. The van der Waals surface area contributed by atoms with Gasteiger partial charge in [-0.2, -0.15) is 0 Å². The average molecular weight is 112 g/mol. The molecule has 0 saturated heterocycles. The monoisotopic (exact) mass is 112 g/mol. The van der Waals surface area contributed by atoms with Crippen LogP contribution < -0.4 is 0 Å². The first kappa shape index (κ1) is 5.80. The Hall–Kier alpha value is -0.330. The first-order chi connectivity index (χ1) is 3.73. The largest absolute Gasteiger partial charge is 0.303 e. The molecule has 2 atom stereocenters. The molecule has 1 saturated carbocycles. The Morgan fingerprint density at radius 1 is 1.88 bits per heavy atom. The quantitative estimate of drug-likeness (QED) is 0.496. The van der Waals surface area contributed by atoms with Gasteiger partial charge in [-0.25, -0.2) is 0 Å². The summed E-state index contributed by atoms with van der Waals surface area (Å²) < 4.78 is 0. The van der Waals surface area contributed by atoms with Crippen LogP contribution in [0.1, 0.15) is 26.7 Å². The van der Waals surface area contributed by atoms with Gasteiger partial charge >= 0.3 is 0 Å². The lowest BCUT2D eigenvalue weighted by Crippen LogP contribution is -1.94. The Kier molecular flexibility index (Phi) is 1.14. The van der Waals surface area contributed by atoms with E-state index in [0.717, 1.165) is 19.1 Å². The van der Waals surface area contributed by atoms with Crippen molar-refractivity contribution in [3.05, 3.63) is 0 Å². The first-order valence-electron chi connectivity index (χ1n) is 3.18. The van der Waals surface area contributed by atoms with Gasteiger partial charge in [0.15, 0.2) is 0 Å². The average Bonchev–Trinajstić information content (AvgIpc) is 2.44. The molecule has 0 radical (unpaired) electrons. The van der Waals surface area contributed by atoms with E-state index in [1.165, 1.54) is 0 Å². The summed E-state index contributed by atoms with van der Waals surface area (Å²) in [4.78, 5) is 10.1. The van der Waals surface area contributed by atoms with Crippen LogP contribution >= 0.6 is 0 Å². The lowest BCUT2D eigenvalue weighted by molar-refractivity contribution is -0.109. The highest BCUT2D eigenvalue weighted by Gasteiger charge is 2.47. The maximum atomic E-state index is 10.1. The van der Waals surface area contributed by atoms with Crippen LogP contribution in [0.4, 0.5) is 0 Å². The van der Waals surface area contributed by atoms with Crippen LogP contribution in [0.15, 0.2) is 0 Å². The second kappa shape index (κ2) is 1.57. The van der Waals surface area contributed by atoms with Gasteiger partial charge in [-0.05, 0) is 11.8 Å². The Morgan fingerprint density at radius 3 is 2.62 bits per heavy atom. The molecule has 0 heterocycles. The summed E-state index contributed by atoms with van der Waals surface area (Å²) in [7, 11) is 0. The summed E-state index contributed by atoms with van der Waals surface area (Å²) in [6, 6.07) is 0. The molecule has 0 bridgehead atoms. The molecule has 0 N–H and O–H groups in total. The van der Waals surface area contributed by atoms with Crippen LogP contribution in [0.5, 0.6) is 0 Å². The van der Waals surface area contributed by atoms with Gasteiger partial charge in [0.2, 0.25) is 0 Å². The zero-order valence-corrected chi connectivity index (χ0v) is 5.48. The summed E-state index contributed by atoms with van der Waals surface area (Å²) in [5, 5.41) is 0. The van der Waals surface area contributed by atoms with Crippen LogP contribution in [0.25, 0.3) is 0 Å². The highest BCUT2D eigenvalue weighted by molar-refractivity contribution is 5.59. The van der Waals surface area contributed by atoms with Crippen LogP contribution in [0, 0.1) is 11.3 Å². The van der Waals surface area contributed by atoms with Crippen molar-refractivity contribution in [2.45, 2.75) is 26.7 Å². The minimum atomic E-state index is 0.382. The number of hydrogen-bond donors (Lipinski definition) is 0. The standard InChI is InChI=1S/C7H12O/c1-3-7(2)4-6(7)5-8/h5-6H,3-4H2,1-2H3/t6-,7-/m0/s1. The van der Waals surface area contributed by atoms with Crippen LogP contribution in [0.3, 0.4) is 0 Å². The molecule has 0 aromatic carbocycles. The Balaban J connectivity index is 2.42. The third-order valence-corrected chi connectivity index (χ3v) is 2.39. The van der Waals surface area contributed by atoms with E-state index >= 15 is 0 Å². The lowest BCUT2D eigenvalue weighted by Gasteiger charge is -2.00. The first-order valence-corrected chi connectivity index (χ1v) is 3.18. The summed E-state index contributed by atoms with van der Waals surface area (Å²) in [5.41, 5.74) is 0.391. The van der Waals surface area contributed by atoms with Crippen molar-refractivity contribution in [3.8, 4) is 0 Å². The van der Waals surface area contributed by atoms with Gasteiger partial charge in [-0.3, -0.25) is 0 Å². The van der Waals surface area contributed by atoms with E-state index in [1.54, 1.807) is 0 Å². The summed E-state index contributed by atoms with van der Waals surface area (Å²) >= 11 is 0. The predicted octanol–water partition coefficient (Wildman–Crippen LogP) is 1.62. The molecule has 0 aliphatic heterocycles. The molecule has 1 aliphatic rings. The van der Waals surface area contributed by atoms with Crippen LogP contribution in [0.2, 0.25) is 0 Å². The third kappa shape index (κ3) is 0.662. The second-order valence-electron chi connectivity index (χ2n) is 2.95. The summed E-state index contributed by atoms with van der Waals surface area (Å²) in [6.07, 6.45) is 3.35. The minimum absolute atomic E-state index is 0.382. The van der Waals surface area contributed by atoms with Gasteiger partial charge in [0.1, 0.15) is 6.29 Å². The zero-order chi connectivity index (χ0) is 6.20. The van der Waals surface area contributed by atoms with Crippen molar-refractivity contribution in [2.75, 3.05) is 0 Å². The van der Waals surface area contributed by atoms with Crippen molar-refractivity contribution < 1.29 is 4.79 Å². The van der Waals surface area contributed by atoms with E-state index in [-0.39, 0.29) is 0 Å². The molecule has 8 heavy (non-hydrogen) atoms. The van der Waals surface area contributed by atoms with E-state index in [4.69, 9.17) is 0 Å². The smallest absolute Gasteiger partial charge is 0.123 e. The van der Waals surface area contributed by atoms with Gasteiger partial charge < -0.3 is 4.79 Å². The Morgan fingerprint density at radius 2 is 2.50 bits per heavy atom. The number of aldehydes is 1. The van der Waals surface area contributed by atoms with Crippen LogP contribution in [-0.2, 0) is 4.79 Å². The van der Waals surface area contributed by atoms with Gasteiger partial charge in [0.05, 0.1) is 0 Å². The minimum Gasteiger partial charge on any atom is -0.303 e. The van der Waals surface area contributed by atoms with Gasteiger partial charge in [-0.1, -0.05) is 20.3 Å². The van der Waals surface area contributed by atoms with Gasteiger partial charge in [0.25, 0.3) is 0 Å². The predicted molar refractivity (Wildman–Crippen MR) is 32.6 cm³/mol. The van der Waals surface area contributed by atoms with E-state index in [9.17, 15) is 4.79 Å². The van der Waals surface area contributed by atoms with E-state index in [2.05, 4.69) is 13.8 Å². The molecule has 0 unspecified atom stereocenters. The number of rotatable bonds is 2. The fraction of sp³-hybridized carbons (Fsp3) is 0.857. The summed E-state index contributed by atoms with van der Waals surface area (Å²) in [5.74, 6) is 0.382. The molecule has 1 nitrogen and oxygen atoms in total. The molecule has 0 aromatic heterocycles. The number of hydrogen-bond acceptors (Lipinski definition) is 1. The normalized spacial score (nSPS) is 44.0. The van der Waals surface area contributed by atoms with E-state index < -0.39 is 0 Å². The molecule has 1 aliphatic carbocycles. The van der Waals surface area contributed by atoms with Crippen molar-refractivity contribution in [3.63, 3.8) is 0 Å². The molecule has 46 valence electrons. The molecular formula is C7H12O. The highest BCUT2D eigenvalue weighted by Crippen LogP contribution is 2.53. The van der Waals surface area contributed by atoms with Crippen molar-refractivity contribution >= 4 is 6.29 Å². The van der Waals surface area contributed by atoms with Crippen LogP contribution in [-0.4, -0.2) is 6.29 Å². The number of carbonyl (C=O) groups is 1. The molecular weight excluding hydrogens is 100 g/mol. The highest BCUT2D eigenvalue weighted by atomic mass is 16.1.